The number of amides is 1. The summed E-state index contributed by atoms with van der Waals surface area (Å²) < 4.78 is 1.87. The Bertz CT molecular complexity index is 1100. The number of nitrogens with one attached hydrogen (secondary N) is 1. The molecule has 4 nitrogen and oxygen atoms in total. The molecule has 0 bridgehead atoms. The number of benzene rings is 3. The van der Waals surface area contributed by atoms with E-state index in [1.165, 1.54) is 11.1 Å². The minimum Gasteiger partial charge on any atom is -0.352 e. The van der Waals surface area contributed by atoms with Gasteiger partial charge in [0.15, 0.2) is 0 Å². The van der Waals surface area contributed by atoms with Gasteiger partial charge < -0.3 is 5.32 Å². The van der Waals surface area contributed by atoms with Crippen LogP contribution >= 0.6 is 0 Å². The van der Waals surface area contributed by atoms with E-state index in [9.17, 15) is 4.79 Å². The van der Waals surface area contributed by atoms with Gasteiger partial charge in [0.2, 0.25) is 5.91 Å². The second kappa shape index (κ2) is 9.23. The van der Waals surface area contributed by atoms with Crippen LogP contribution < -0.4 is 5.32 Å². The molecule has 4 heteroatoms. The lowest BCUT2D eigenvalue weighted by Gasteiger charge is -2.06. The summed E-state index contributed by atoms with van der Waals surface area (Å²) in [7, 11) is 0. The Morgan fingerprint density at radius 1 is 0.900 bits per heavy atom. The first-order chi connectivity index (χ1) is 14.7. The zero-order valence-electron chi connectivity index (χ0n) is 17.1. The minimum absolute atomic E-state index is 0.0436. The Balaban J connectivity index is 1.47. The summed E-state index contributed by atoms with van der Waals surface area (Å²) in [6.07, 6.45) is 3.20. The lowest BCUT2D eigenvalue weighted by Crippen LogP contribution is -2.23. The van der Waals surface area contributed by atoms with Gasteiger partial charge in [0.25, 0.3) is 0 Å². The van der Waals surface area contributed by atoms with E-state index in [0.717, 1.165) is 28.9 Å². The maximum atomic E-state index is 12.4. The van der Waals surface area contributed by atoms with Gasteiger partial charge in [-0.25, -0.2) is 4.68 Å². The minimum atomic E-state index is 0.0436. The lowest BCUT2D eigenvalue weighted by molar-refractivity contribution is -0.121. The molecule has 0 unspecified atom stereocenters. The smallest absolute Gasteiger partial charge is 0.220 e. The van der Waals surface area contributed by atoms with Gasteiger partial charge in [0, 0.05) is 30.3 Å². The van der Waals surface area contributed by atoms with Crippen molar-refractivity contribution in [2.75, 3.05) is 0 Å². The van der Waals surface area contributed by atoms with Crippen molar-refractivity contribution in [3.05, 3.63) is 108 Å². The number of rotatable bonds is 7. The summed E-state index contributed by atoms with van der Waals surface area (Å²) in [6, 6.07) is 28.4. The summed E-state index contributed by atoms with van der Waals surface area (Å²) in [5, 5.41) is 7.86. The first-order valence-electron chi connectivity index (χ1n) is 10.2. The van der Waals surface area contributed by atoms with Crippen LogP contribution in [0.2, 0.25) is 0 Å². The first kappa shape index (κ1) is 19.6. The first-order valence-corrected chi connectivity index (χ1v) is 10.2. The number of aromatic nitrogens is 2. The lowest BCUT2D eigenvalue weighted by atomic mass is 10.1. The fraction of sp³-hybridized carbons (Fsp3) is 0.154. The van der Waals surface area contributed by atoms with Gasteiger partial charge in [0.05, 0.1) is 11.4 Å². The van der Waals surface area contributed by atoms with E-state index in [0.29, 0.717) is 13.0 Å². The standard InChI is InChI=1S/C26H25N3O/c1-20-12-14-21(15-13-20)16-17-25(30)27-18-23-19-29(24-10-6-3-7-11-24)28-26(23)22-8-4-2-5-9-22/h2-15,19H,16-18H2,1H3,(H,27,30). The summed E-state index contributed by atoms with van der Waals surface area (Å²) in [5.74, 6) is 0.0436. The van der Waals surface area contributed by atoms with Crippen LogP contribution in [0.4, 0.5) is 0 Å². The van der Waals surface area contributed by atoms with Crippen molar-refractivity contribution >= 4 is 5.91 Å². The summed E-state index contributed by atoms with van der Waals surface area (Å²) in [6.45, 7) is 2.51. The van der Waals surface area contributed by atoms with Crippen LogP contribution in [0, 0.1) is 6.92 Å². The zero-order valence-corrected chi connectivity index (χ0v) is 17.1. The monoisotopic (exact) mass is 395 g/mol. The Morgan fingerprint density at radius 3 is 2.27 bits per heavy atom. The van der Waals surface area contributed by atoms with Gasteiger partial charge >= 0.3 is 0 Å². The second-order valence-electron chi connectivity index (χ2n) is 7.41. The van der Waals surface area contributed by atoms with Crippen molar-refractivity contribution in [1.29, 1.82) is 0 Å². The topological polar surface area (TPSA) is 46.9 Å². The Labute approximate surface area is 177 Å². The van der Waals surface area contributed by atoms with Crippen LogP contribution in [-0.2, 0) is 17.8 Å². The molecule has 3 aromatic carbocycles. The van der Waals surface area contributed by atoms with E-state index in [1.807, 2.05) is 71.5 Å². The van der Waals surface area contributed by atoms with Crippen LogP contribution in [0.1, 0.15) is 23.1 Å². The number of carbonyl (C=O) groups excluding carboxylic acids is 1. The van der Waals surface area contributed by atoms with Crippen molar-refractivity contribution in [3.8, 4) is 16.9 Å². The molecule has 150 valence electrons. The number of aryl methyl sites for hydroxylation is 2. The molecule has 0 saturated heterocycles. The van der Waals surface area contributed by atoms with Crippen LogP contribution in [0.5, 0.6) is 0 Å². The highest BCUT2D eigenvalue weighted by molar-refractivity contribution is 5.76. The molecule has 1 amide bonds. The van der Waals surface area contributed by atoms with Crippen LogP contribution in [0.3, 0.4) is 0 Å². The van der Waals surface area contributed by atoms with Crippen LogP contribution in [-0.4, -0.2) is 15.7 Å². The third kappa shape index (κ3) is 4.84. The number of hydrogen-bond acceptors (Lipinski definition) is 2. The van der Waals surface area contributed by atoms with Crippen molar-refractivity contribution in [2.45, 2.75) is 26.3 Å². The van der Waals surface area contributed by atoms with Crippen LogP contribution in [0.25, 0.3) is 16.9 Å². The van der Waals surface area contributed by atoms with Crippen molar-refractivity contribution in [2.24, 2.45) is 0 Å². The molecule has 1 N–H and O–H groups in total. The molecule has 0 aliphatic rings. The molecule has 0 saturated carbocycles. The van der Waals surface area contributed by atoms with E-state index < -0.39 is 0 Å². The predicted octanol–water partition coefficient (Wildman–Crippen LogP) is 5.10. The fourth-order valence-electron chi connectivity index (χ4n) is 3.39. The normalized spacial score (nSPS) is 10.7. The molecule has 4 rings (SSSR count). The summed E-state index contributed by atoms with van der Waals surface area (Å²) >= 11 is 0. The SMILES string of the molecule is Cc1ccc(CCC(=O)NCc2cn(-c3ccccc3)nc2-c2ccccc2)cc1. The maximum absolute atomic E-state index is 12.4. The Kier molecular flexibility index (Phi) is 6.04. The summed E-state index contributed by atoms with van der Waals surface area (Å²) in [4.78, 5) is 12.4. The highest BCUT2D eigenvalue weighted by Crippen LogP contribution is 2.23. The van der Waals surface area contributed by atoms with E-state index in [1.54, 1.807) is 0 Å². The molecule has 30 heavy (non-hydrogen) atoms. The van der Waals surface area contributed by atoms with Gasteiger partial charge in [-0.05, 0) is 31.0 Å². The molecular formula is C26H25N3O. The Morgan fingerprint density at radius 2 is 1.57 bits per heavy atom. The van der Waals surface area contributed by atoms with Crippen molar-refractivity contribution < 1.29 is 4.79 Å². The van der Waals surface area contributed by atoms with Crippen LogP contribution in [0.15, 0.2) is 91.1 Å². The van der Waals surface area contributed by atoms with E-state index in [-0.39, 0.29) is 5.91 Å². The third-order valence-corrected chi connectivity index (χ3v) is 5.10. The van der Waals surface area contributed by atoms with E-state index in [4.69, 9.17) is 5.10 Å². The molecule has 0 aliphatic heterocycles. The van der Waals surface area contributed by atoms with Gasteiger partial charge in [0.1, 0.15) is 0 Å². The predicted molar refractivity (Wildman–Crippen MR) is 120 cm³/mol. The van der Waals surface area contributed by atoms with Gasteiger partial charge in [-0.1, -0.05) is 78.4 Å². The molecule has 0 spiro atoms. The quantitative estimate of drug-likeness (QED) is 0.473. The fourth-order valence-corrected chi connectivity index (χ4v) is 3.39. The largest absolute Gasteiger partial charge is 0.352 e. The number of para-hydroxylation sites is 1. The number of carbonyl (C=O) groups is 1. The average Bonchev–Trinajstić information content (AvgIpc) is 3.23. The van der Waals surface area contributed by atoms with Crippen molar-refractivity contribution in [1.82, 2.24) is 15.1 Å². The van der Waals surface area contributed by atoms with Gasteiger partial charge in [-0.15, -0.1) is 0 Å². The average molecular weight is 396 g/mol. The third-order valence-electron chi connectivity index (χ3n) is 5.10. The highest BCUT2D eigenvalue weighted by atomic mass is 16.1. The molecular weight excluding hydrogens is 370 g/mol. The molecule has 0 aliphatic carbocycles. The van der Waals surface area contributed by atoms with Gasteiger partial charge in [-0.3, -0.25) is 4.79 Å². The maximum Gasteiger partial charge on any atom is 0.220 e. The van der Waals surface area contributed by atoms with Gasteiger partial charge in [-0.2, -0.15) is 5.10 Å². The number of hydrogen-bond donors (Lipinski definition) is 1. The van der Waals surface area contributed by atoms with Crippen molar-refractivity contribution in [3.63, 3.8) is 0 Å². The van der Waals surface area contributed by atoms with E-state index in [2.05, 4.69) is 36.5 Å². The molecule has 4 aromatic rings. The number of nitrogens with zero attached hydrogens (tertiary/aromatic N) is 2. The highest BCUT2D eigenvalue weighted by Gasteiger charge is 2.13. The molecule has 0 radical (unpaired) electrons. The van der Waals surface area contributed by atoms with E-state index >= 15 is 0 Å². The zero-order chi connectivity index (χ0) is 20.8. The molecule has 1 heterocycles. The summed E-state index contributed by atoms with van der Waals surface area (Å²) in [5.41, 5.74) is 6.32. The molecule has 1 aromatic heterocycles. The molecule has 0 atom stereocenters. The Hall–Kier alpha value is -3.66. The molecule has 0 fully saturated rings. The second-order valence-corrected chi connectivity index (χ2v) is 7.41.